The van der Waals surface area contributed by atoms with Crippen LogP contribution in [0.2, 0.25) is 0 Å². The van der Waals surface area contributed by atoms with Crippen molar-refractivity contribution in [1.82, 2.24) is 5.32 Å². The SMILES string of the molecule is COC1CCC2(CC1)NC(=O)C(c1c(C)cc(C)c(-c3ccc(F)cc3)c1C)=C2O. The summed E-state index contributed by atoms with van der Waals surface area (Å²) in [5.74, 6) is -0.379. The monoisotopic (exact) mass is 409 g/mol. The summed E-state index contributed by atoms with van der Waals surface area (Å²) in [7, 11) is 1.70. The van der Waals surface area contributed by atoms with Crippen molar-refractivity contribution in [3.63, 3.8) is 0 Å². The number of carbonyl (C=O) groups excluding carboxylic acids is 1. The van der Waals surface area contributed by atoms with Crippen LogP contribution in [-0.2, 0) is 9.53 Å². The molecule has 2 aromatic rings. The molecule has 30 heavy (non-hydrogen) atoms. The number of rotatable bonds is 3. The summed E-state index contributed by atoms with van der Waals surface area (Å²) in [6, 6.07) is 8.41. The minimum absolute atomic E-state index is 0.141. The van der Waals surface area contributed by atoms with Crippen LogP contribution in [0.25, 0.3) is 16.7 Å². The quantitative estimate of drug-likeness (QED) is 0.738. The lowest BCUT2D eigenvalue weighted by molar-refractivity contribution is -0.116. The first kappa shape index (κ1) is 20.6. The van der Waals surface area contributed by atoms with Gasteiger partial charge in [0, 0.05) is 7.11 Å². The Labute approximate surface area is 176 Å². The summed E-state index contributed by atoms with van der Waals surface area (Å²) >= 11 is 0. The Morgan fingerprint density at radius 3 is 2.27 bits per heavy atom. The number of benzene rings is 2. The number of aryl methyl sites for hydroxylation is 2. The molecule has 2 aliphatic rings. The number of hydrogen-bond acceptors (Lipinski definition) is 3. The zero-order valence-corrected chi connectivity index (χ0v) is 17.9. The fourth-order valence-corrected chi connectivity index (χ4v) is 5.23. The summed E-state index contributed by atoms with van der Waals surface area (Å²) in [4.78, 5) is 13.1. The molecule has 0 saturated heterocycles. The maximum Gasteiger partial charge on any atom is 0.256 e. The van der Waals surface area contributed by atoms with Crippen LogP contribution in [-0.4, -0.2) is 29.8 Å². The molecule has 1 amide bonds. The first-order chi connectivity index (χ1) is 14.3. The second-order valence-electron chi connectivity index (χ2n) is 8.59. The van der Waals surface area contributed by atoms with Gasteiger partial charge in [-0.05, 0) is 92.0 Å². The van der Waals surface area contributed by atoms with Gasteiger partial charge in [0.25, 0.3) is 5.91 Å². The van der Waals surface area contributed by atoms with Crippen LogP contribution in [0.4, 0.5) is 4.39 Å². The minimum atomic E-state index is -0.707. The molecular formula is C25H28FNO3. The highest BCUT2D eigenvalue weighted by atomic mass is 19.1. The van der Waals surface area contributed by atoms with Gasteiger partial charge >= 0.3 is 0 Å². The lowest BCUT2D eigenvalue weighted by atomic mass is 9.78. The molecule has 0 radical (unpaired) electrons. The molecule has 1 heterocycles. The summed E-state index contributed by atoms with van der Waals surface area (Å²) in [5.41, 5.74) is 5.18. The Morgan fingerprint density at radius 2 is 1.67 bits per heavy atom. The van der Waals surface area contributed by atoms with Gasteiger partial charge in [0.2, 0.25) is 0 Å². The van der Waals surface area contributed by atoms with Crippen molar-refractivity contribution >= 4 is 11.5 Å². The molecule has 0 atom stereocenters. The molecule has 4 nitrogen and oxygen atoms in total. The number of halogens is 1. The van der Waals surface area contributed by atoms with Crippen LogP contribution in [0.15, 0.2) is 36.1 Å². The van der Waals surface area contributed by atoms with Crippen molar-refractivity contribution < 1.29 is 19.0 Å². The summed E-state index contributed by atoms with van der Waals surface area (Å²) in [6.45, 7) is 5.94. The topological polar surface area (TPSA) is 58.6 Å². The minimum Gasteiger partial charge on any atom is -0.509 e. The number of carbonyl (C=O) groups is 1. The van der Waals surface area contributed by atoms with Gasteiger partial charge in [-0.25, -0.2) is 4.39 Å². The highest BCUT2D eigenvalue weighted by Gasteiger charge is 2.48. The van der Waals surface area contributed by atoms with Crippen molar-refractivity contribution in [2.45, 2.75) is 58.1 Å². The first-order valence-electron chi connectivity index (χ1n) is 10.4. The van der Waals surface area contributed by atoms with Crippen LogP contribution in [0.1, 0.15) is 47.9 Å². The van der Waals surface area contributed by atoms with E-state index in [1.165, 1.54) is 12.1 Å². The molecule has 0 aromatic heterocycles. The summed E-state index contributed by atoms with van der Waals surface area (Å²) in [6.07, 6.45) is 3.06. The fourth-order valence-electron chi connectivity index (χ4n) is 5.23. The number of nitrogens with one attached hydrogen (secondary N) is 1. The zero-order chi connectivity index (χ0) is 21.6. The Balaban J connectivity index is 1.85. The lowest BCUT2D eigenvalue weighted by Crippen LogP contribution is -2.48. The number of aliphatic hydroxyl groups excluding tert-OH is 1. The van der Waals surface area contributed by atoms with Gasteiger partial charge in [0.15, 0.2) is 0 Å². The van der Waals surface area contributed by atoms with Crippen LogP contribution in [0.5, 0.6) is 0 Å². The van der Waals surface area contributed by atoms with Crippen molar-refractivity contribution in [2.24, 2.45) is 0 Å². The van der Waals surface area contributed by atoms with E-state index in [1.54, 1.807) is 19.2 Å². The maximum atomic E-state index is 13.4. The molecule has 1 spiro atoms. The summed E-state index contributed by atoms with van der Waals surface area (Å²) in [5, 5.41) is 14.3. The van der Waals surface area contributed by atoms with Gasteiger partial charge in [0.1, 0.15) is 11.6 Å². The van der Waals surface area contributed by atoms with E-state index in [0.29, 0.717) is 18.4 Å². The second-order valence-corrected chi connectivity index (χ2v) is 8.59. The molecule has 2 aromatic carbocycles. The third kappa shape index (κ3) is 3.21. The fraction of sp³-hybridized carbons (Fsp3) is 0.400. The third-order valence-corrected chi connectivity index (χ3v) is 6.74. The molecule has 5 heteroatoms. The molecule has 0 bridgehead atoms. The molecule has 0 unspecified atom stereocenters. The predicted octanol–water partition coefficient (Wildman–Crippen LogP) is 5.14. The standard InChI is InChI=1S/C25H28FNO3/c1-14-13-15(2)21(16(3)20(14)17-5-7-18(26)8-6-17)22-23(28)25(27-24(22)29)11-9-19(30-4)10-12-25/h5-8,13,19,28H,9-12H2,1-4H3,(H,27,29). The Morgan fingerprint density at radius 1 is 1.07 bits per heavy atom. The van der Waals surface area contributed by atoms with E-state index in [1.807, 2.05) is 26.8 Å². The van der Waals surface area contributed by atoms with Crippen LogP contribution < -0.4 is 5.32 Å². The molecule has 1 aliphatic carbocycles. The highest BCUT2D eigenvalue weighted by Crippen LogP contribution is 2.44. The predicted molar refractivity (Wildman–Crippen MR) is 116 cm³/mol. The number of hydrogen-bond donors (Lipinski definition) is 2. The first-order valence-corrected chi connectivity index (χ1v) is 10.4. The molecule has 1 saturated carbocycles. The van der Waals surface area contributed by atoms with E-state index in [-0.39, 0.29) is 23.6 Å². The highest BCUT2D eigenvalue weighted by molar-refractivity contribution is 6.24. The van der Waals surface area contributed by atoms with Gasteiger partial charge in [0.05, 0.1) is 17.2 Å². The molecule has 4 rings (SSSR count). The van der Waals surface area contributed by atoms with Crippen molar-refractivity contribution in [3.8, 4) is 11.1 Å². The average Bonchev–Trinajstić information content (AvgIpc) is 2.94. The maximum absolute atomic E-state index is 13.4. The Hall–Kier alpha value is -2.66. The van der Waals surface area contributed by atoms with Crippen molar-refractivity contribution in [1.29, 1.82) is 0 Å². The number of aliphatic hydroxyl groups is 1. The normalized spacial score (nSPS) is 23.9. The van der Waals surface area contributed by atoms with Gasteiger partial charge < -0.3 is 15.2 Å². The largest absolute Gasteiger partial charge is 0.509 e. The van der Waals surface area contributed by atoms with E-state index >= 15 is 0 Å². The van der Waals surface area contributed by atoms with Crippen molar-refractivity contribution in [3.05, 3.63) is 64.2 Å². The zero-order valence-electron chi connectivity index (χ0n) is 17.9. The van der Waals surface area contributed by atoms with Gasteiger partial charge in [-0.3, -0.25) is 4.79 Å². The molecule has 2 N–H and O–H groups in total. The van der Waals surface area contributed by atoms with Crippen LogP contribution in [0.3, 0.4) is 0 Å². The molecule has 1 aliphatic heterocycles. The second kappa shape index (κ2) is 7.55. The number of ether oxygens (including phenoxy) is 1. The number of methoxy groups -OCH3 is 1. The van der Waals surface area contributed by atoms with E-state index in [9.17, 15) is 14.3 Å². The molecular weight excluding hydrogens is 381 g/mol. The van der Waals surface area contributed by atoms with E-state index < -0.39 is 5.54 Å². The van der Waals surface area contributed by atoms with Gasteiger partial charge in [-0.1, -0.05) is 18.2 Å². The van der Waals surface area contributed by atoms with E-state index in [2.05, 4.69) is 5.32 Å². The third-order valence-electron chi connectivity index (χ3n) is 6.74. The average molecular weight is 410 g/mol. The smallest absolute Gasteiger partial charge is 0.256 e. The number of amides is 1. The van der Waals surface area contributed by atoms with Gasteiger partial charge in [-0.2, -0.15) is 0 Å². The van der Waals surface area contributed by atoms with Crippen molar-refractivity contribution in [2.75, 3.05) is 7.11 Å². The summed E-state index contributed by atoms with van der Waals surface area (Å²) < 4.78 is 18.9. The Kier molecular flexibility index (Phi) is 5.18. The van der Waals surface area contributed by atoms with Gasteiger partial charge in [-0.15, -0.1) is 0 Å². The van der Waals surface area contributed by atoms with Crippen LogP contribution in [0, 0.1) is 26.6 Å². The Bertz CT molecular complexity index is 1030. The van der Waals surface area contributed by atoms with E-state index in [4.69, 9.17) is 4.74 Å². The van der Waals surface area contributed by atoms with Crippen LogP contribution >= 0.6 is 0 Å². The molecule has 158 valence electrons. The lowest BCUT2D eigenvalue weighted by Gasteiger charge is -2.36. The van der Waals surface area contributed by atoms with E-state index in [0.717, 1.165) is 46.2 Å². The molecule has 1 fully saturated rings.